The van der Waals surface area contributed by atoms with E-state index in [4.69, 9.17) is 0 Å². The smallest absolute Gasteiger partial charge is 0.160 e. The molecule has 0 bridgehead atoms. The summed E-state index contributed by atoms with van der Waals surface area (Å²) in [4.78, 5) is 0. The molecular formula is C30H40N2O4. The minimum atomic E-state index is -0.0903. The molecule has 0 aliphatic heterocycles. The number of benzene rings is 3. The molecule has 6 nitrogen and oxygen atoms in total. The molecule has 3 rings (SSSR count). The van der Waals surface area contributed by atoms with Crippen molar-refractivity contribution < 1.29 is 20.4 Å². The Morgan fingerprint density at radius 3 is 1.92 bits per heavy atom. The van der Waals surface area contributed by atoms with Gasteiger partial charge in [-0.25, -0.2) is 0 Å². The average Bonchev–Trinajstić information content (AvgIpc) is 2.87. The van der Waals surface area contributed by atoms with Gasteiger partial charge in [-0.3, -0.25) is 0 Å². The van der Waals surface area contributed by atoms with Crippen molar-refractivity contribution in [3.8, 4) is 23.0 Å². The third kappa shape index (κ3) is 9.44. The Hall–Kier alpha value is -3.22. The minimum Gasteiger partial charge on any atom is -0.508 e. The van der Waals surface area contributed by atoms with Crippen LogP contribution in [0.15, 0.2) is 60.7 Å². The van der Waals surface area contributed by atoms with E-state index in [0.717, 1.165) is 62.1 Å². The third-order valence-corrected chi connectivity index (χ3v) is 6.49. The molecule has 0 spiro atoms. The number of rotatable bonds is 16. The molecule has 194 valence electrons. The quantitative estimate of drug-likeness (QED) is 0.127. The Labute approximate surface area is 214 Å². The van der Waals surface area contributed by atoms with Gasteiger partial charge in [-0.2, -0.15) is 0 Å². The van der Waals surface area contributed by atoms with E-state index in [1.54, 1.807) is 30.3 Å². The monoisotopic (exact) mass is 492 g/mol. The number of aromatic hydroxyl groups is 4. The van der Waals surface area contributed by atoms with Crippen molar-refractivity contribution in [2.75, 3.05) is 26.2 Å². The van der Waals surface area contributed by atoms with Crippen LogP contribution in [0.25, 0.3) is 0 Å². The number of aryl methyl sites for hydroxylation is 1. The molecule has 0 atom stereocenters. The summed E-state index contributed by atoms with van der Waals surface area (Å²) in [6.07, 6.45) is 7.75. The molecule has 3 aromatic carbocycles. The fourth-order valence-electron chi connectivity index (χ4n) is 4.38. The highest BCUT2D eigenvalue weighted by molar-refractivity contribution is 5.49. The topological polar surface area (TPSA) is 105 Å². The summed E-state index contributed by atoms with van der Waals surface area (Å²) in [7, 11) is 0. The summed E-state index contributed by atoms with van der Waals surface area (Å²) in [5.74, 6) is 0.419. The Kier molecular flexibility index (Phi) is 11.4. The predicted molar refractivity (Wildman–Crippen MR) is 145 cm³/mol. The predicted octanol–water partition coefficient (Wildman–Crippen LogP) is 4.82. The number of hydrogen-bond donors (Lipinski definition) is 6. The summed E-state index contributed by atoms with van der Waals surface area (Å²) in [6, 6.07) is 18.0. The van der Waals surface area contributed by atoms with E-state index in [-0.39, 0.29) is 17.2 Å². The van der Waals surface area contributed by atoms with Gasteiger partial charge in [-0.15, -0.1) is 0 Å². The number of nitrogens with one attached hydrogen (secondary N) is 2. The van der Waals surface area contributed by atoms with Crippen LogP contribution in [0.1, 0.15) is 47.9 Å². The molecule has 0 unspecified atom stereocenters. The standard InChI is InChI=1S/C30H40N2O4/c33-26-12-8-23(9-13-26)16-20-31-18-3-1-2-4-19-32-21-17-25-11-15-29(35)30(36)28(25)14-10-24-6-5-7-27(34)22-24/h5-9,11-13,15,22,31-36H,1-4,10,14,16-21H2. The van der Waals surface area contributed by atoms with Crippen LogP contribution in [-0.4, -0.2) is 46.6 Å². The van der Waals surface area contributed by atoms with Gasteiger partial charge in [-0.05, 0) is 112 Å². The van der Waals surface area contributed by atoms with Gasteiger partial charge in [-0.1, -0.05) is 43.2 Å². The lowest BCUT2D eigenvalue weighted by atomic mass is 9.96. The van der Waals surface area contributed by atoms with E-state index in [9.17, 15) is 20.4 Å². The Morgan fingerprint density at radius 1 is 0.528 bits per heavy atom. The number of hydrogen-bond acceptors (Lipinski definition) is 6. The Morgan fingerprint density at radius 2 is 1.22 bits per heavy atom. The van der Waals surface area contributed by atoms with Crippen molar-refractivity contribution in [2.45, 2.75) is 51.4 Å². The molecule has 0 fully saturated rings. The molecule has 0 amide bonds. The summed E-state index contributed by atoms with van der Waals surface area (Å²) in [5.41, 5.74) is 4.04. The highest BCUT2D eigenvalue weighted by atomic mass is 16.3. The van der Waals surface area contributed by atoms with Crippen LogP contribution in [0.3, 0.4) is 0 Å². The fraction of sp³-hybridized carbons (Fsp3) is 0.400. The van der Waals surface area contributed by atoms with Crippen LogP contribution in [0.4, 0.5) is 0 Å². The van der Waals surface area contributed by atoms with Crippen molar-refractivity contribution in [1.82, 2.24) is 10.6 Å². The van der Waals surface area contributed by atoms with Crippen molar-refractivity contribution in [2.24, 2.45) is 0 Å². The van der Waals surface area contributed by atoms with Crippen LogP contribution < -0.4 is 10.6 Å². The average molecular weight is 493 g/mol. The molecule has 0 radical (unpaired) electrons. The summed E-state index contributed by atoms with van der Waals surface area (Å²) >= 11 is 0. The Balaban J connectivity index is 1.26. The van der Waals surface area contributed by atoms with Gasteiger partial charge in [0.1, 0.15) is 11.5 Å². The van der Waals surface area contributed by atoms with Crippen molar-refractivity contribution in [3.05, 3.63) is 82.9 Å². The van der Waals surface area contributed by atoms with Gasteiger partial charge in [0.25, 0.3) is 0 Å². The van der Waals surface area contributed by atoms with E-state index in [0.29, 0.717) is 18.6 Å². The first-order chi connectivity index (χ1) is 17.5. The second kappa shape index (κ2) is 15.0. The van der Waals surface area contributed by atoms with Crippen molar-refractivity contribution in [1.29, 1.82) is 0 Å². The van der Waals surface area contributed by atoms with Gasteiger partial charge in [0.2, 0.25) is 0 Å². The largest absolute Gasteiger partial charge is 0.508 e. The Bertz CT molecular complexity index is 1050. The molecule has 3 aromatic rings. The third-order valence-electron chi connectivity index (χ3n) is 6.49. The van der Waals surface area contributed by atoms with E-state index in [2.05, 4.69) is 10.6 Å². The zero-order chi connectivity index (χ0) is 25.6. The van der Waals surface area contributed by atoms with Crippen LogP contribution in [0, 0.1) is 0 Å². The summed E-state index contributed by atoms with van der Waals surface area (Å²) < 4.78 is 0. The van der Waals surface area contributed by atoms with Crippen molar-refractivity contribution >= 4 is 0 Å². The molecule has 6 N–H and O–H groups in total. The van der Waals surface area contributed by atoms with Gasteiger partial charge in [0.05, 0.1) is 0 Å². The zero-order valence-electron chi connectivity index (χ0n) is 21.0. The van der Waals surface area contributed by atoms with E-state index < -0.39 is 0 Å². The maximum Gasteiger partial charge on any atom is 0.160 e. The van der Waals surface area contributed by atoms with Crippen molar-refractivity contribution in [3.63, 3.8) is 0 Å². The number of phenols is 4. The summed E-state index contributed by atoms with van der Waals surface area (Å²) in [6.45, 7) is 3.77. The minimum absolute atomic E-state index is 0.0377. The van der Waals surface area contributed by atoms with Gasteiger partial charge >= 0.3 is 0 Å². The SMILES string of the molecule is Oc1ccc(CCNCCCCCCNCCc2ccc(O)c(O)c2CCc2cccc(O)c2)cc1. The molecule has 6 heteroatoms. The molecule has 0 aromatic heterocycles. The fourth-order valence-corrected chi connectivity index (χ4v) is 4.38. The molecule has 0 saturated carbocycles. The highest BCUT2D eigenvalue weighted by Gasteiger charge is 2.12. The first kappa shape index (κ1) is 27.4. The lowest BCUT2D eigenvalue weighted by Crippen LogP contribution is -2.20. The molecule has 0 heterocycles. The van der Waals surface area contributed by atoms with Crippen LogP contribution in [0.5, 0.6) is 23.0 Å². The van der Waals surface area contributed by atoms with Gasteiger partial charge in [0, 0.05) is 5.56 Å². The number of phenolic OH excluding ortho intramolecular Hbond substituents is 4. The normalized spacial score (nSPS) is 11.1. The number of unbranched alkanes of at least 4 members (excludes halogenated alkanes) is 3. The lowest BCUT2D eigenvalue weighted by molar-refractivity contribution is 0.398. The van der Waals surface area contributed by atoms with E-state index in [1.165, 1.54) is 24.8 Å². The maximum atomic E-state index is 10.4. The first-order valence-corrected chi connectivity index (χ1v) is 13.0. The van der Waals surface area contributed by atoms with Crippen LogP contribution >= 0.6 is 0 Å². The van der Waals surface area contributed by atoms with Crippen LogP contribution in [-0.2, 0) is 25.7 Å². The molecule has 0 saturated heterocycles. The maximum absolute atomic E-state index is 10.4. The van der Waals surface area contributed by atoms with Gasteiger partial charge in [0.15, 0.2) is 11.5 Å². The highest BCUT2D eigenvalue weighted by Crippen LogP contribution is 2.32. The first-order valence-electron chi connectivity index (χ1n) is 13.0. The molecule has 0 aliphatic carbocycles. The summed E-state index contributed by atoms with van der Waals surface area (Å²) in [5, 5.41) is 46.4. The van der Waals surface area contributed by atoms with Crippen LogP contribution in [0.2, 0.25) is 0 Å². The van der Waals surface area contributed by atoms with Gasteiger partial charge < -0.3 is 31.1 Å². The molecule has 36 heavy (non-hydrogen) atoms. The second-order valence-electron chi connectivity index (χ2n) is 9.32. The molecule has 0 aliphatic rings. The zero-order valence-corrected chi connectivity index (χ0v) is 21.0. The lowest BCUT2D eigenvalue weighted by Gasteiger charge is -2.14. The molecular weight excluding hydrogens is 452 g/mol. The van der Waals surface area contributed by atoms with E-state index >= 15 is 0 Å². The van der Waals surface area contributed by atoms with E-state index in [1.807, 2.05) is 30.3 Å². The second-order valence-corrected chi connectivity index (χ2v) is 9.32.